The van der Waals surface area contributed by atoms with Crippen molar-refractivity contribution in [3.05, 3.63) is 24.3 Å². The van der Waals surface area contributed by atoms with Gasteiger partial charge in [0.25, 0.3) is 0 Å². The minimum atomic E-state index is -0.865. The van der Waals surface area contributed by atoms with E-state index in [9.17, 15) is 9.90 Å². The smallest absolute Gasteiger partial charge is 0.407 e. The van der Waals surface area contributed by atoms with E-state index >= 15 is 0 Å². The Morgan fingerprint density at radius 3 is 2.44 bits per heavy atom. The van der Waals surface area contributed by atoms with Crippen LogP contribution in [0.2, 0.25) is 0 Å². The third kappa shape index (κ3) is 2.18. The summed E-state index contributed by atoms with van der Waals surface area (Å²) in [6.45, 7) is 2.33. The van der Waals surface area contributed by atoms with Crippen LogP contribution in [0.25, 0.3) is 0 Å². The molecule has 0 atom stereocenters. The first kappa shape index (κ1) is 10.6. The molecule has 1 aliphatic heterocycles. The molecule has 2 N–H and O–H groups in total. The van der Waals surface area contributed by atoms with Crippen LogP contribution < -0.4 is 4.90 Å². The molecule has 0 radical (unpaired) electrons. The van der Waals surface area contributed by atoms with Crippen molar-refractivity contribution in [1.29, 1.82) is 0 Å². The van der Waals surface area contributed by atoms with E-state index < -0.39 is 6.09 Å². The summed E-state index contributed by atoms with van der Waals surface area (Å²) in [4.78, 5) is 14.2. The van der Waals surface area contributed by atoms with Gasteiger partial charge >= 0.3 is 6.09 Å². The van der Waals surface area contributed by atoms with Gasteiger partial charge in [0.05, 0.1) is 0 Å². The Balaban J connectivity index is 2.01. The SMILES string of the molecule is O=C(O)N1CCN(c2cccc(O)c2)CC1. The quantitative estimate of drug-likeness (QED) is 0.749. The zero-order valence-electron chi connectivity index (χ0n) is 8.83. The van der Waals surface area contributed by atoms with Crippen LogP contribution in [0.15, 0.2) is 24.3 Å². The van der Waals surface area contributed by atoms with Gasteiger partial charge < -0.3 is 20.0 Å². The highest BCUT2D eigenvalue weighted by Crippen LogP contribution is 2.21. The fourth-order valence-corrected chi connectivity index (χ4v) is 1.85. The van der Waals surface area contributed by atoms with Crippen molar-refractivity contribution < 1.29 is 15.0 Å². The van der Waals surface area contributed by atoms with Gasteiger partial charge in [-0.3, -0.25) is 0 Å². The van der Waals surface area contributed by atoms with Crippen LogP contribution in [0.5, 0.6) is 5.75 Å². The number of carboxylic acid groups (broad SMARTS) is 1. The number of nitrogens with zero attached hydrogens (tertiary/aromatic N) is 2. The van der Waals surface area contributed by atoms with E-state index in [-0.39, 0.29) is 5.75 Å². The standard InChI is InChI=1S/C11H14N2O3/c14-10-3-1-2-9(8-10)12-4-6-13(7-5-12)11(15)16/h1-3,8,14H,4-7H2,(H,15,16). The first-order chi connectivity index (χ1) is 7.66. The van der Waals surface area contributed by atoms with Crippen molar-refractivity contribution in [3.63, 3.8) is 0 Å². The molecule has 0 aromatic heterocycles. The lowest BCUT2D eigenvalue weighted by molar-refractivity contribution is 0.142. The first-order valence-electron chi connectivity index (χ1n) is 5.18. The summed E-state index contributed by atoms with van der Waals surface area (Å²) in [6.07, 6.45) is -0.865. The molecule has 2 rings (SSSR count). The molecule has 1 aromatic rings. The summed E-state index contributed by atoms with van der Waals surface area (Å²) >= 11 is 0. The molecular weight excluding hydrogens is 208 g/mol. The van der Waals surface area contributed by atoms with Crippen LogP contribution >= 0.6 is 0 Å². The summed E-state index contributed by atoms with van der Waals surface area (Å²) in [5, 5.41) is 18.2. The van der Waals surface area contributed by atoms with Crippen molar-refractivity contribution in [2.24, 2.45) is 0 Å². The summed E-state index contributed by atoms with van der Waals surface area (Å²) in [5.74, 6) is 0.234. The fourth-order valence-electron chi connectivity index (χ4n) is 1.85. The molecule has 0 aliphatic carbocycles. The normalized spacial score (nSPS) is 16.2. The fraction of sp³-hybridized carbons (Fsp3) is 0.364. The van der Waals surface area contributed by atoms with Crippen LogP contribution in [0.1, 0.15) is 0 Å². The molecule has 0 spiro atoms. The minimum Gasteiger partial charge on any atom is -0.508 e. The van der Waals surface area contributed by atoms with Crippen LogP contribution in [0.3, 0.4) is 0 Å². The van der Waals surface area contributed by atoms with E-state index in [4.69, 9.17) is 5.11 Å². The average molecular weight is 222 g/mol. The monoisotopic (exact) mass is 222 g/mol. The van der Waals surface area contributed by atoms with Crippen LogP contribution in [0, 0.1) is 0 Å². The van der Waals surface area contributed by atoms with Crippen molar-refractivity contribution in [2.45, 2.75) is 0 Å². The highest BCUT2D eigenvalue weighted by atomic mass is 16.4. The van der Waals surface area contributed by atoms with E-state index in [1.807, 2.05) is 6.07 Å². The molecule has 1 heterocycles. The number of benzene rings is 1. The molecule has 5 nitrogen and oxygen atoms in total. The Morgan fingerprint density at radius 2 is 1.88 bits per heavy atom. The van der Waals surface area contributed by atoms with E-state index in [0.717, 1.165) is 5.69 Å². The maximum absolute atomic E-state index is 10.7. The van der Waals surface area contributed by atoms with Crippen LogP contribution in [0.4, 0.5) is 10.5 Å². The van der Waals surface area contributed by atoms with Crippen LogP contribution in [-0.4, -0.2) is 47.4 Å². The molecule has 1 saturated heterocycles. The predicted molar refractivity (Wildman–Crippen MR) is 59.9 cm³/mol. The van der Waals surface area contributed by atoms with Gasteiger partial charge in [0.15, 0.2) is 0 Å². The topological polar surface area (TPSA) is 64.0 Å². The highest BCUT2D eigenvalue weighted by Gasteiger charge is 2.20. The number of piperazine rings is 1. The van der Waals surface area contributed by atoms with E-state index in [2.05, 4.69) is 4.90 Å². The number of carbonyl (C=O) groups is 1. The summed E-state index contributed by atoms with van der Waals surface area (Å²) < 4.78 is 0. The maximum Gasteiger partial charge on any atom is 0.407 e. The number of phenolic OH excluding ortho intramolecular Hbond substituents is 1. The average Bonchev–Trinajstić information content (AvgIpc) is 2.29. The molecule has 0 saturated carbocycles. The van der Waals surface area contributed by atoms with Gasteiger partial charge in [0.1, 0.15) is 5.75 Å². The maximum atomic E-state index is 10.7. The van der Waals surface area contributed by atoms with Gasteiger partial charge in [-0.1, -0.05) is 6.07 Å². The third-order valence-electron chi connectivity index (χ3n) is 2.75. The second-order valence-corrected chi connectivity index (χ2v) is 3.78. The van der Waals surface area contributed by atoms with Crippen molar-refractivity contribution in [1.82, 2.24) is 4.90 Å². The lowest BCUT2D eigenvalue weighted by Crippen LogP contribution is -2.48. The second kappa shape index (κ2) is 4.30. The number of anilines is 1. The largest absolute Gasteiger partial charge is 0.508 e. The van der Waals surface area contributed by atoms with E-state index in [1.165, 1.54) is 4.90 Å². The van der Waals surface area contributed by atoms with E-state index in [0.29, 0.717) is 26.2 Å². The Kier molecular flexibility index (Phi) is 2.85. The number of amides is 1. The number of hydrogen-bond donors (Lipinski definition) is 2. The number of phenols is 1. The molecule has 0 unspecified atom stereocenters. The first-order valence-corrected chi connectivity index (χ1v) is 5.18. The lowest BCUT2D eigenvalue weighted by atomic mass is 10.2. The highest BCUT2D eigenvalue weighted by molar-refractivity contribution is 5.65. The number of aromatic hydroxyl groups is 1. The molecular formula is C11H14N2O3. The summed E-state index contributed by atoms with van der Waals surface area (Å²) in [5.41, 5.74) is 0.935. The summed E-state index contributed by atoms with van der Waals surface area (Å²) in [7, 11) is 0. The van der Waals surface area contributed by atoms with Gasteiger partial charge in [0.2, 0.25) is 0 Å². The van der Waals surface area contributed by atoms with Crippen LogP contribution in [-0.2, 0) is 0 Å². The molecule has 1 amide bonds. The zero-order valence-corrected chi connectivity index (χ0v) is 8.83. The Morgan fingerprint density at radius 1 is 1.19 bits per heavy atom. The molecule has 5 heteroatoms. The minimum absolute atomic E-state index is 0.234. The zero-order chi connectivity index (χ0) is 11.5. The number of hydrogen-bond acceptors (Lipinski definition) is 3. The van der Waals surface area contributed by atoms with Gasteiger partial charge in [-0.15, -0.1) is 0 Å². The lowest BCUT2D eigenvalue weighted by Gasteiger charge is -2.34. The van der Waals surface area contributed by atoms with Crippen molar-refractivity contribution in [2.75, 3.05) is 31.1 Å². The van der Waals surface area contributed by atoms with E-state index in [1.54, 1.807) is 18.2 Å². The molecule has 16 heavy (non-hydrogen) atoms. The third-order valence-corrected chi connectivity index (χ3v) is 2.75. The van der Waals surface area contributed by atoms with Gasteiger partial charge in [0, 0.05) is 37.9 Å². The van der Waals surface area contributed by atoms with Crippen molar-refractivity contribution >= 4 is 11.8 Å². The van der Waals surface area contributed by atoms with Gasteiger partial charge in [-0.2, -0.15) is 0 Å². The molecule has 1 aliphatic rings. The van der Waals surface area contributed by atoms with Gasteiger partial charge in [-0.05, 0) is 12.1 Å². The Hall–Kier alpha value is -1.91. The van der Waals surface area contributed by atoms with Crippen molar-refractivity contribution in [3.8, 4) is 5.75 Å². The summed E-state index contributed by atoms with van der Waals surface area (Å²) in [6, 6.07) is 7.01. The number of rotatable bonds is 1. The van der Waals surface area contributed by atoms with Gasteiger partial charge in [-0.25, -0.2) is 4.79 Å². The molecule has 0 bridgehead atoms. The predicted octanol–water partition coefficient (Wildman–Crippen LogP) is 1.19. The molecule has 86 valence electrons. The Bertz CT molecular complexity index is 387. The molecule has 1 fully saturated rings. The second-order valence-electron chi connectivity index (χ2n) is 3.78. The molecule has 1 aromatic carbocycles. The Labute approximate surface area is 93.5 Å².